The van der Waals surface area contributed by atoms with Crippen molar-refractivity contribution >= 4 is 75.3 Å². The molecule has 46 heavy (non-hydrogen) atoms. The highest BCUT2D eigenvalue weighted by molar-refractivity contribution is 7.26. The highest BCUT2D eigenvalue weighted by atomic mass is 32.1. The number of hydrogen-bond donors (Lipinski definition) is 0. The minimum absolute atomic E-state index is 0.558. The zero-order valence-corrected chi connectivity index (χ0v) is 25.4. The van der Waals surface area contributed by atoms with E-state index >= 15 is 0 Å². The number of aromatic nitrogens is 2. The maximum Gasteiger partial charge on any atom is 0.246 e. The SMILES string of the molecule is c1cc(-c2cccc(-c3cccc4c3sc3ccc5ccccc5c34)c2)cc(-c2cnc3oc4ccc5ccccc5c4c3n2)c1. The van der Waals surface area contributed by atoms with Gasteiger partial charge in [0.25, 0.3) is 0 Å². The van der Waals surface area contributed by atoms with Crippen LogP contribution >= 0.6 is 11.3 Å². The second-order valence-electron chi connectivity index (χ2n) is 11.8. The first-order valence-electron chi connectivity index (χ1n) is 15.4. The highest BCUT2D eigenvalue weighted by Crippen LogP contribution is 2.43. The molecule has 214 valence electrons. The summed E-state index contributed by atoms with van der Waals surface area (Å²) < 4.78 is 8.74. The third-order valence-electron chi connectivity index (χ3n) is 9.13. The van der Waals surface area contributed by atoms with Crippen LogP contribution in [0.4, 0.5) is 0 Å². The molecule has 0 saturated carbocycles. The van der Waals surface area contributed by atoms with Gasteiger partial charge in [-0.25, -0.2) is 9.97 Å². The average molecular weight is 605 g/mol. The van der Waals surface area contributed by atoms with E-state index in [0.29, 0.717) is 5.71 Å². The van der Waals surface area contributed by atoms with E-state index in [2.05, 4.69) is 133 Å². The third-order valence-corrected chi connectivity index (χ3v) is 10.3. The summed E-state index contributed by atoms with van der Waals surface area (Å²) in [5, 5.41) is 8.54. The number of hydrogen-bond acceptors (Lipinski definition) is 4. The molecule has 0 unspecified atom stereocenters. The second-order valence-corrected chi connectivity index (χ2v) is 12.8. The average Bonchev–Trinajstić information content (AvgIpc) is 3.70. The molecule has 0 fully saturated rings. The third kappa shape index (κ3) is 3.84. The Morgan fingerprint density at radius 3 is 2.00 bits per heavy atom. The monoisotopic (exact) mass is 604 g/mol. The minimum Gasteiger partial charge on any atom is -0.436 e. The molecule has 10 rings (SSSR count). The quantitative estimate of drug-likeness (QED) is 0.201. The molecule has 0 bridgehead atoms. The van der Waals surface area contributed by atoms with Crippen LogP contribution in [0.15, 0.2) is 150 Å². The molecular formula is C42H24N2OS. The van der Waals surface area contributed by atoms with E-state index in [4.69, 9.17) is 14.4 Å². The molecule has 3 nitrogen and oxygen atoms in total. The van der Waals surface area contributed by atoms with Crippen LogP contribution in [0.5, 0.6) is 0 Å². The fourth-order valence-corrected chi connectivity index (χ4v) is 8.21. The molecule has 0 radical (unpaired) electrons. The Kier molecular flexibility index (Phi) is 5.45. The van der Waals surface area contributed by atoms with Crippen LogP contribution in [0, 0.1) is 0 Å². The molecule has 4 heteroatoms. The Bertz CT molecular complexity index is 2830. The van der Waals surface area contributed by atoms with Crippen molar-refractivity contribution in [2.75, 3.05) is 0 Å². The summed E-state index contributed by atoms with van der Waals surface area (Å²) in [6.07, 6.45) is 1.81. The van der Waals surface area contributed by atoms with Gasteiger partial charge < -0.3 is 4.42 Å². The van der Waals surface area contributed by atoms with Crippen LogP contribution in [0.25, 0.3) is 97.4 Å². The Morgan fingerprint density at radius 2 is 1.17 bits per heavy atom. The number of furan rings is 1. The van der Waals surface area contributed by atoms with Crippen LogP contribution in [0.3, 0.4) is 0 Å². The van der Waals surface area contributed by atoms with Crippen LogP contribution in [-0.2, 0) is 0 Å². The fraction of sp³-hybridized carbons (Fsp3) is 0. The van der Waals surface area contributed by atoms with E-state index < -0.39 is 0 Å². The van der Waals surface area contributed by atoms with Gasteiger partial charge in [-0.1, -0.05) is 115 Å². The van der Waals surface area contributed by atoms with Crippen molar-refractivity contribution in [3.8, 4) is 33.5 Å². The molecule has 0 spiro atoms. The number of thiophene rings is 1. The van der Waals surface area contributed by atoms with Crippen LogP contribution in [-0.4, -0.2) is 9.97 Å². The molecule has 0 aliphatic heterocycles. The standard InChI is InChI=1S/C42H24N2OS/c1-3-14-31-26(9-1)19-21-37-38(31)34-17-7-16-33(41(34)46-37)29-12-5-10-27(22-29)28-11-6-13-30(23-28)35-24-43-42-40(44-35)39-32-15-4-2-8-25(32)18-20-36(39)45-42/h1-24H. The molecule has 0 aliphatic rings. The second kappa shape index (κ2) is 9.83. The largest absolute Gasteiger partial charge is 0.436 e. The summed E-state index contributed by atoms with van der Waals surface area (Å²) in [5.74, 6) is 0. The van der Waals surface area contributed by atoms with Crippen molar-refractivity contribution in [2.24, 2.45) is 0 Å². The fourth-order valence-electron chi connectivity index (χ4n) is 6.96. The first kappa shape index (κ1) is 25.5. The van der Waals surface area contributed by atoms with Crippen molar-refractivity contribution < 1.29 is 4.42 Å². The van der Waals surface area contributed by atoms with E-state index in [1.165, 1.54) is 42.1 Å². The predicted octanol–water partition coefficient (Wildman–Crippen LogP) is 12.1. The smallest absolute Gasteiger partial charge is 0.246 e. The van der Waals surface area contributed by atoms with Crippen molar-refractivity contribution in [1.82, 2.24) is 9.97 Å². The van der Waals surface area contributed by atoms with Crippen LogP contribution in [0.2, 0.25) is 0 Å². The summed E-state index contributed by atoms with van der Waals surface area (Å²) >= 11 is 1.88. The lowest BCUT2D eigenvalue weighted by Crippen LogP contribution is -1.88. The van der Waals surface area contributed by atoms with Gasteiger partial charge in [0.2, 0.25) is 5.71 Å². The summed E-state index contributed by atoms with van der Waals surface area (Å²) in [7, 11) is 0. The van der Waals surface area contributed by atoms with Crippen molar-refractivity contribution in [2.45, 2.75) is 0 Å². The van der Waals surface area contributed by atoms with Gasteiger partial charge >= 0.3 is 0 Å². The molecule has 0 atom stereocenters. The van der Waals surface area contributed by atoms with Crippen LogP contribution < -0.4 is 0 Å². The molecule has 0 saturated heterocycles. The lowest BCUT2D eigenvalue weighted by atomic mass is 9.96. The van der Waals surface area contributed by atoms with Crippen molar-refractivity contribution in [1.29, 1.82) is 0 Å². The van der Waals surface area contributed by atoms with Gasteiger partial charge in [0.15, 0.2) is 0 Å². The van der Waals surface area contributed by atoms with E-state index in [-0.39, 0.29) is 0 Å². The Morgan fingerprint density at radius 1 is 0.522 bits per heavy atom. The molecular weight excluding hydrogens is 581 g/mol. The van der Waals surface area contributed by atoms with Crippen molar-refractivity contribution in [3.05, 3.63) is 146 Å². The Hall–Kier alpha value is -5.84. The van der Waals surface area contributed by atoms with Gasteiger partial charge in [-0.15, -0.1) is 11.3 Å². The van der Waals surface area contributed by atoms with E-state index in [9.17, 15) is 0 Å². The van der Waals surface area contributed by atoms with E-state index in [1.807, 2.05) is 23.6 Å². The zero-order chi connectivity index (χ0) is 30.2. The van der Waals surface area contributed by atoms with Gasteiger partial charge in [-0.3, -0.25) is 0 Å². The Balaban J connectivity index is 1.08. The summed E-state index contributed by atoms with van der Waals surface area (Å²) in [5.41, 5.74) is 8.77. The zero-order valence-electron chi connectivity index (χ0n) is 24.6. The molecule has 0 N–H and O–H groups in total. The summed E-state index contributed by atoms with van der Waals surface area (Å²) in [6.45, 7) is 0. The van der Waals surface area contributed by atoms with Gasteiger partial charge in [0.05, 0.1) is 17.3 Å². The first-order chi connectivity index (χ1) is 22.8. The van der Waals surface area contributed by atoms with Gasteiger partial charge in [0, 0.05) is 25.7 Å². The van der Waals surface area contributed by atoms with E-state index in [1.54, 1.807) is 0 Å². The molecule has 0 aliphatic carbocycles. The van der Waals surface area contributed by atoms with Gasteiger partial charge in [-0.05, 0) is 68.1 Å². The molecule has 3 aromatic heterocycles. The van der Waals surface area contributed by atoms with Crippen LogP contribution in [0.1, 0.15) is 0 Å². The number of fused-ring (bicyclic) bond motifs is 10. The van der Waals surface area contributed by atoms with E-state index in [0.717, 1.165) is 49.6 Å². The van der Waals surface area contributed by atoms with Crippen molar-refractivity contribution in [3.63, 3.8) is 0 Å². The Labute approximate surface area is 268 Å². The summed E-state index contributed by atoms with van der Waals surface area (Å²) in [4.78, 5) is 9.80. The molecule has 3 heterocycles. The number of benzene rings is 7. The maximum atomic E-state index is 6.10. The van der Waals surface area contributed by atoms with Gasteiger partial charge in [0.1, 0.15) is 11.1 Å². The normalized spacial score (nSPS) is 11.9. The number of nitrogens with zero attached hydrogens (tertiary/aromatic N) is 2. The molecule has 0 amide bonds. The topological polar surface area (TPSA) is 38.9 Å². The number of rotatable bonds is 3. The molecule has 10 aromatic rings. The highest BCUT2D eigenvalue weighted by Gasteiger charge is 2.16. The summed E-state index contributed by atoms with van der Waals surface area (Å²) in [6, 6.07) is 49.8. The minimum atomic E-state index is 0.558. The lowest BCUT2D eigenvalue weighted by molar-refractivity contribution is 0.653. The molecule has 7 aromatic carbocycles. The van der Waals surface area contributed by atoms with Gasteiger partial charge in [-0.2, -0.15) is 0 Å². The predicted molar refractivity (Wildman–Crippen MR) is 194 cm³/mol. The maximum absolute atomic E-state index is 6.10. The first-order valence-corrected chi connectivity index (χ1v) is 16.2. The lowest BCUT2D eigenvalue weighted by Gasteiger charge is -2.09.